The molecule has 4 nitrogen and oxygen atoms in total. The Morgan fingerprint density at radius 2 is 1.95 bits per heavy atom. The Morgan fingerprint density at radius 1 is 1.29 bits per heavy atom. The van der Waals surface area contributed by atoms with E-state index in [2.05, 4.69) is 5.32 Å². The Hall–Kier alpha value is -2.14. The molecule has 21 heavy (non-hydrogen) atoms. The molecule has 0 saturated heterocycles. The van der Waals surface area contributed by atoms with Gasteiger partial charge in [0.15, 0.2) is 0 Å². The molecule has 1 aliphatic carbocycles. The second kappa shape index (κ2) is 5.33. The summed E-state index contributed by atoms with van der Waals surface area (Å²) < 4.78 is 0. The number of thiophene rings is 1. The van der Waals surface area contributed by atoms with Gasteiger partial charge < -0.3 is 11.1 Å². The highest BCUT2D eigenvalue weighted by Gasteiger charge is 2.39. The third kappa shape index (κ3) is 2.83. The molecule has 1 aromatic carbocycles. The molecule has 1 fully saturated rings. The third-order valence-electron chi connectivity index (χ3n) is 3.74. The molecule has 3 rings (SSSR count). The van der Waals surface area contributed by atoms with Crippen molar-refractivity contribution >= 4 is 28.2 Å². The fraction of sp³-hybridized carbons (Fsp3) is 0.250. The molecule has 3 N–H and O–H groups in total. The molecular weight excluding hydrogens is 284 g/mol. The maximum absolute atomic E-state index is 12.0. The minimum absolute atomic E-state index is 0.0218. The summed E-state index contributed by atoms with van der Waals surface area (Å²) in [4.78, 5) is 24.5. The second-order valence-corrected chi connectivity index (χ2v) is 6.44. The molecule has 1 aliphatic rings. The summed E-state index contributed by atoms with van der Waals surface area (Å²) in [7, 11) is 0. The van der Waals surface area contributed by atoms with Gasteiger partial charge >= 0.3 is 0 Å². The first-order valence-electron chi connectivity index (χ1n) is 6.86. The summed E-state index contributed by atoms with van der Waals surface area (Å²) in [5.41, 5.74) is 6.80. The van der Waals surface area contributed by atoms with E-state index in [4.69, 9.17) is 5.73 Å². The molecule has 0 unspecified atom stereocenters. The highest BCUT2D eigenvalue weighted by atomic mass is 32.1. The Bertz CT molecular complexity index is 694. The lowest BCUT2D eigenvalue weighted by atomic mass is 10.1. The molecule has 0 aliphatic heterocycles. The number of carbonyl (C=O) groups excluding carboxylic acids is 2. The largest absolute Gasteiger partial charge is 0.366 e. The fourth-order valence-electron chi connectivity index (χ4n) is 2.30. The van der Waals surface area contributed by atoms with Gasteiger partial charge in [-0.2, -0.15) is 0 Å². The van der Waals surface area contributed by atoms with Crippen molar-refractivity contribution in [2.24, 2.45) is 17.6 Å². The number of primary amides is 1. The van der Waals surface area contributed by atoms with Gasteiger partial charge in [0, 0.05) is 10.8 Å². The summed E-state index contributed by atoms with van der Waals surface area (Å²) >= 11 is 1.38. The van der Waals surface area contributed by atoms with E-state index in [0.29, 0.717) is 16.5 Å². The molecule has 0 radical (unpaired) electrons. The number of carbonyl (C=O) groups is 2. The van der Waals surface area contributed by atoms with E-state index in [0.717, 1.165) is 16.9 Å². The highest BCUT2D eigenvalue weighted by Crippen LogP contribution is 2.40. The van der Waals surface area contributed by atoms with Crippen molar-refractivity contribution in [1.82, 2.24) is 0 Å². The number of amides is 2. The summed E-state index contributed by atoms with van der Waals surface area (Å²) in [5.74, 6) is -0.0531. The first-order valence-corrected chi connectivity index (χ1v) is 7.68. The number of hydrogen-bond donors (Lipinski definition) is 2. The van der Waals surface area contributed by atoms with Gasteiger partial charge in [-0.25, -0.2) is 0 Å². The normalized spacial score (nSPS) is 20.0. The van der Waals surface area contributed by atoms with E-state index in [9.17, 15) is 9.59 Å². The predicted molar refractivity (Wildman–Crippen MR) is 84.2 cm³/mol. The lowest BCUT2D eigenvalue weighted by Crippen LogP contribution is -2.17. The van der Waals surface area contributed by atoms with Crippen molar-refractivity contribution in [1.29, 1.82) is 0 Å². The molecule has 1 aromatic heterocycles. The van der Waals surface area contributed by atoms with Crippen LogP contribution in [0.3, 0.4) is 0 Å². The third-order valence-corrected chi connectivity index (χ3v) is 4.84. The molecule has 0 bridgehead atoms. The minimum atomic E-state index is -0.521. The number of nitrogens with one attached hydrogen (secondary N) is 1. The lowest BCUT2D eigenvalue weighted by Gasteiger charge is -2.03. The summed E-state index contributed by atoms with van der Waals surface area (Å²) in [5, 5.41) is 3.40. The first-order chi connectivity index (χ1) is 10.1. The van der Waals surface area contributed by atoms with Crippen LogP contribution in [-0.4, -0.2) is 11.8 Å². The Kier molecular flexibility index (Phi) is 3.51. The van der Waals surface area contributed by atoms with Crippen molar-refractivity contribution in [3.8, 4) is 10.4 Å². The van der Waals surface area contributed by atoms with E-state index in [1.807, 2.05) is 37.3 Å². The van der Waals surface area contributed by atoms with Gasteiger partial charge in [-0.05, 0) is 24.0 Å². The van der Waals surface area contributed by atoms with E-state index in [1.54, 1.807) is 6.07 Å². The van der Waals surface area contributed by atoms with Crippen molar-refractivity contribution in [2.75, 3.05) is 5.32 Å². The average Bonchev–Trinajstić information content (AvgIpc) is 3.05. The van der Waals surface area contributed by atoms with E-state index >= 15 is 0 Å². The lowest BCUT2D eigenvalue weighted by molar-refractivity contribution is -0.117. The molecule has 1 heterocycles. The molecule has 5 heteroatoms. The van der Waals surface area contributed by atoms with Gasteiger partial charge in [0.05, 0.1) is 5.56 Å². The number of rotatable bonds is 4. The minimum Gasteiger partial charge on any atom is -0.366 e. The summed E-state index contributed by atoms with van der Waals surface area (Å²) in [6.45, 7) is 2.04. The van der Waals surface area contributed by atoms with Crippen molar-refractivity contribution < 1.29 is 9.59 Å². The Morgan fingerprint density at radius 3 is 2.52 bits per heavy atom. The standard InChI is InChI=1S/C16H16N2O2S/c1-9-7-11(9)15(20)18-16-12(14(17)19)8-13(21-16)10-5-3-2-4-6-10/h2-6,8-9,11H,7H2,1H3,(H2,17,19)(H,18,20)/t9-,11-/m1/s1. The van der Waals surface area contributed by atoms with Gasteiger partial charge in [0.1, 0.15) is 5.00 Å². The zero-order valence-electron chi connectivity index (χ0n) is 11.6. The Labute approximate surface area is 127 Å². The van der Waals surface area contributed by atoms with Crippen LogP contribution in [-0.2, 0) is 4.79 Å². The van der Waals surface area contributed by atoms with E-state index in [-0.39, 0.29) is 11.8 Å². The quantitative estimate of drug-likeness (QED) is 0.910. The number of anilines is 1. The van der Waals surface area contributed by atoms with Crippen LogP contribution in [0, 0.1) is 11.8 Å². The zero-order chi connectivity index (χ0) is 15.0. The van der Waals surface area contributed by atoms with Crippen LogP contribution in [0.15, 0.2) is 36.4 Å². The molecule has 108 valence electrons. The van der Waals surface area contributed by atoms with Gasteiger partial charge in [-0.15, -0.1) is 11.3 Å². The Balaban J connectivity index is 1.90. The van der Waals surface area contributed by atoms with Crippen LogP contribution in [0.2, 0.25) is 0 Å². The van der Waals surface area contributed by atoms with Gasteiger partial charge in [0.2, 0.25) is 5.91 Å². The zero-order valence-corrected chi connectivity index (χ0v) is 12.4. The van der Waals surface area contributed by atoms with Gasteiger partial charge in [0.25, 0.3) is 5.91 Å². The van der Waals surface area contributed by atoms with Crippen molar-refractivity contribution in [3.63, 3.8) is 0 Å². The predicted octanol–water partition coefficient (Wildman–Crippen LogP) is 3.11. The van der Waals surface area contributed by atoms with Crippen LogP contribution >= 0.6 is 11.3 Å². The molecule has 2 atom stereocenters. The van der Waals surface area contributed by atoms with Crippen molar-refractivity contribution in [3.05, 3.63) is 42.0 Å². The molecule has 0 spiro atoms. The van der Waals surface area contributed by atoms with Crippen LogP contribution in [0.5, 0.6) is 0 Å². The SMILES string of the molecule is C[C@@H]1C[C@H]1C(=O)Nc1sc(-c2ccccc2)cc1C(N)=O. The molecule has 1 saturated carbocycles. The number of benzene rings is 1. The van der Waals surface area contributed by atoms with E-state index in [1.165, 1.54) is 11.3 Å². The topological polar surface area (TPSA) is 72.2 Å². The second-order valence-electron chi connectivity index (χ2n) is 5.39. The van der Waals surface area contributed by atoms with Gasteiger partial charge in [-0.3, -0.25) is 9.59 Å². The molecular formula is C16H16N2O2S. The molecule has 2 aromatic rings. The smallest absolute Gasteiger partial charge is 0.251 e. The fourth-order valence-corrected chi connectivity index (χ4v) is 3.38. The number of hydrogen-bond acceptors (Lipinski definition) is 3. The summed E-state index contributed by atoms with van der Waals surface area (Å²) in [6, 6.07) is 11.5. The summed E-state index contributed by atoms with van der Waals surface area (Å²) in [6.07, 6.45) is 0.911. The van der Waals surface area contributed by atoms with Crippen LogP contribution in [0.25, 0.3) is 10.4 Å². The van der Waals surface area contributed by atoms with Crippen molar-refractivity contribution in [2.45, 2.75) is 13.3 Å². The highest BCUT2D eigenvalue weighted by molar-refractivity contribution is 7.20. The molecule has 2 amide bonds. The first kappa shape index (κ1) is 13.8. The monoisotopic (exact) mass is 300 g/mol. The maximum Gasteiger partial charge on any atom is 0.251 e. The van der Waals surface area contributed by atoms with E-state index < -0.39 is 5.91 Å². The maximum atomic E-state index is 12.0. The number of nitrogens with two attached hydrogens (primary N) is 1. The van der Waals surface area contributed by atoms with Crippen LogP contribution < -0.4 is 11.1 Å². The van der Waals surface area contributed by atoms with Crippen LogP contribution in [0.1, 0.15) is 23.7 Å². The van der Waals surface area contributed by atoms with Gasteiger partial charge in [-0.1, -0.05) is 37.3 Å². The van der Waals surface area contributed by atoms with Crippen LogP contribution in [0.4, 0.5) is 5.00 Å². The average molecular weight is 300 g/mol.